The van der Waals surface area contributed by atoms with Gasteiger partial charge in [-0.1, -0.05) is 25.5 Å². The molecule has 96 valence electrons. The molecule has 0 aromatic carbocycles. The second kappa shape index (κ2) is 7.86. The van der Waals surface area contributed by atoms with Crippen molar-refractivity contribution in [3.63, 3.8) is 0 Å². The molecule has 0 aromatic rings. The molecule has 0 saturated carbocycles. The fraction of sp³-hybridized carbons (Fsp3) is 0.857. The molecule has 0 amide bonds. The molecule has 0 rings (SSSR count). The Morgan fingerprint density at radius 1 is 1.44 bits per heavy atom. The summed E-state index contributed by atoms with van der Waals surface area (Å²) in [4.78, 5) is 0. The highest BCUT2D eigenvalue weighted by molar-refractivity contribution is 4.93. The maximum Gasteiger partial charge on any atom is 0.0496 e. The van der Waals surface area contributed by atoms with E-state index in [1.807, 2.05) is 0 Å². The second-order valence-electron chi connectivity index (χ2n) is 5.46. The summed E-state index contributed by atoms with van der Waals surface area (Å²) in [5, 5.41) is 12.8. The Morgan fingerprint density at radius 3 is 2.50 bits per heavy atom. The number of allylic oxidation sites excluding steroid dienone is 2. The van der Waals surface area contributed by atoms with Crippen LogP contribution in [0.4, 0.5) is 0 Å². The lowest BCUT2D eigenvalue weighted by atomic mass is 9.88. The Balaban J connectivity index is 3.80. The van der Waals surface area contributed by atoms with Crippen molar-refractivity contribution in [2.24, 2.45) is 5.41 Å². The van der Waals surface area contributed by atoms with Crippen molar-refractivity contribution in [1.29, 1.82) is 0 Å². The average Bonchev–Trinajstić information content (AvgIpc) is 2.25. The normalized spacial score (nSPS) is 16.6. The molecule has 0 spiro atoms. The summed E-state index contributed by atoms with van der Waals surface area (Å²) in [5.74, 6) is 0. The van der Waals surface area contributed by atoms with Crippen LogP contribution in [0.1, 0.15) is 53.9 Å². The predicted molar refractivity (Wildman–Crippen MR) is 71.6 cm³/mol. The Labute approximate surface area is 101 Å². The summed E-state index contributed by atoms with van der Waals surface area (Å²) in [5.41, 5.74) is 1.42. The Morgan fingerprint density at radius 2 is 2.06 bits per heavy atom. The smallest absolute Gasteiger partial charge is 0.0496 e. The molecule has 2 unspecified atom stereocenters. The van der Waals surface area contributed by atoms with Crippen molar-refractivity contribution in [3.05, 3.63) is 11.6 Å². The van der Waals surface area contributed by atoms with Crippen molar-refractivity contribution in [2.75, 3.05) is 13.2 Å². The highest BCUT2D eigenvalue weighted by atomic mass is 16.3. The van der Waals surface area contributed by atoms with E-state index < -0.39 is 0 Å². The molecule has 0 aliphatic carbocycles. The summed E-state index contributed by atoms with van der Waals surface area (Å²) in [7, 11) is 0. The SMILES string of the molecule is CCC(C)(CO)CNC(C)CCC=C(C)C. The molecule has 2 heteroatoms. The van der Waals surface area contributed by atoms with Gasteiger partial charge in [0, 0.05) is 24.6 Å². The topological polar surface area (TPSA) is 32.3 Å². The molecule has 0 aromatic heterocycles. The van der Waals surface area contributed by atoms with Crippen LogP contribution in [0.15, 0.2) is 11.6 Å². The summed E-state index contributed by atoms with van der Waals surface area (Å²) in [6.07, 6.45) is 5.59. The van der Waals surface area contributed by atoms with Gasteiger partial charge in [0.1, 0.15) is 0 Å². The van der Waals surface area contributed by atoms with Gasteiger partial charge in [-0.3, -0.25) is 0 Å². The molecule has 0 saturated heterocycles. The third-order valence-electron chi connectivity index (χ3n) is 3.26. The molecule has 0 radical (unpaired) electrons. The zero-order valence-corrected chi connectivity index (χ0v) is 11.6. The van der Waals surface area contributed by atoms with Gasteiger partial charge in [0.2, 0.25) is 0 Å². The van der Waals surface area contributed by atoms with Crippen LogP contribution in [0.2, 0.25) is 0 Å². The van der Waals surface area contributed by atoms with Crippen LogP contribution in [-0.2, 0) is 0 Å². The van der Waals surface area contributed by atoms with E-state index in [9.17, 15) is 5.11 Å². The molecule has 16 heavy (non-hydrogen) atoms. The lowest BCUT2D eigenvalue weighted by Gasteiger charge is -2.28. The number of hydrogen-bond donors (Lipinski definition) is 2. The number of hydrogen-bond acceptors (Lipinski definition) is 2. The predicted octanol–water partition coefficient (Wildman–Crippen LogP) is 3.12. The highest BCUT2D eigenvalue weighted by Crippen LogP contribution is 2.18. The van der Waals surface area contributed by atoms with Crippen molar-refractivity contribution >= 4 is 0 Å². The number of aliphatic hydroxyl groups is 1. The molecular weight excluding hydrogens is 198 g/mol. The monoisotopic (exact) mass is 227 g/mol. The maximum atomic E-state index is 9.30. The molecule has 2 nitrogen and oxygen atoms in total. The third kappa shape index (κ3) is 7.02. The largest absolute Gasteiger partial charge is 0.396 e. The molecule has 2 N–H and O–H groups in total. The van der Waals surface area contributed by atoms with Gasteiger partial charge >= 0.3 is 0 Å². The van der Waals surface area contributed by atoms with Gasteiger partial charge in [-0.15, -0.1) is 0 Å². The van der Waals surface area contributed by atoms with Gasteiger partial charge in [-0.05, 0) is 40.0 Å². The standard InChI is InChI=1S/C14H29NO/c1-6-14(5,11-16)10-15-13(4)9-7-8-12(2)3/h8,13,15-16H,6-7,9-11H2,1-5H3. The van der Waals surface area contributed by atoms with Crippen LogP contribution in [0, 0.1) is 5.41 Å². The molecule has 0 bridgehead atoms. The van der Waals surface area contributed by atoms with Crippen LogP contribution in [0.3, 0.4) is 0 Å². The van der Waals surface area contributed by atoms with Crippen molar-refractivity contribution in [1.82, 2.24) is 5.32 Å². The first-order valence-electron chi connectivity index (χ1n) is 6.41. The first-order chi connectivity index (χ1) is 7.43. The fourth-order valence-electron chi connectivity index (χ4n) is 1.44. The minimum atomic E-state index is 0.0325. The van der Waals surface area contributed by atoms with E-state index in [2.05, 4.69) is 46.0 Å². The first kappa shape index (κ1) is 15.7. The van der Waals surface area contributed by atoms with Crippen LogP contribution in [0.5, 0.6) is 0 Å². The molecule has 0 aliphatic rings. The molecule has 0 heterocycles. The lowest BCUT2D eigenvalue weighted by molar-refractivity contribution is 0.132. The van der Waals surface area contributed by atoms with Crippen LogP contribution in [0.25, 0.3) is 0 Å². The molecule has 0 fully saturated rings. The van der Waals surface area contributed by atoms with Crippen molar-refractivity contribution < 1.29 is 5.11 Å². The van der Waals surface area contributed by atoms with E-state index in [4.69, 9.17) is 0 Å². The van der Waals surface area contributed by atoms with Crippen molar-refractivity contribution in [2.45, 2.75) is 59.9 Å². The number of aliphatic hydroxyl groups excluding tert-OH is 1. The van der Waals surface area contributed by atoms with Crippen LogP contribution < -0.4 is 5.32 Å². The van der Waals surface area contributed by atoms with Gasteiger partial charge in [0.15, 0.2) is 0 Å². The maximum absolute atomic E-state index is 9.30. The van der Waals surface area contributed by atoms with Gasteiger partial charge in [-0.2, -0.15) is 0 Å². The average molecular weight is 227 g/mol. The van der Waals surface area contributed by atoms with E-state index in [0.717, 1.165) is 25.8 Å². The molecular formula is C14H29NO. The fourth-order valence-corrected chi connectivity index (χ4v) is 1.44. The van der Waals surface area contributed by atoms with Gasteiger partial charge < -0.3 is 10.4 Å². The van der Waals surface area contributed by atoms with E-state index in [-0.39, 0.29) is 12.0 Å². The quantitative estimate of drug-likeness (QED) is 0.624. The van der Waals surface area contributed by atoms with E-state index >= 15 is 0 Å². The third-order valence-corrected chi connectivity index (χ3v) is 3.26. The second-order valence-corrected chi connectivity index (χ2v) is 5.46. The van der Waals surface area contributed by atoms with Crippen molar-refractivity contribution in [3.8, 4) is 0 Å². The van der Waals surface area contributed by atoms with E-state index in [1.165, 1.54) is 5.57 Å². The number of nitrogens with one attached hydrogen (secondary N) is 1. The van der Waals surface area contributed by atoms with Gasteiger partial charge in [0.25, 0.3) is 0 Å². The summed E-state index contributed by atoms with van der Waals surface area (Å²) < 4.78 is 0. The summed E-state index contributed by atoms with van der Waals surface area (Å²) in [6.45, 7) is 11.9. The zero-order valence-electron chi connectivity index (χ0n) is 11.6. The van der Waals surface area contributed by atoms with E-state index in [1.54, 1.807) is 0 Å². The zero-order chi connectivity index (χ0) is 12.6. The summed E-state index contributed by atoms with van der Waals surface area (Å²) >= 11 is 0. The summed E-state index contributed by atoms with van der Waals surface area (Å²) in [6, 6.07) is 0.521. The van der Waals surface area contributed by atoms with Gasteiger partial charge in [0.05, 0.1) is 0 Å². The molecule has 2 atom stereocenters. The van der Waals surface area contributed by atoms with E-state index in [0.29, 0.717) is 6.04 Å². The van der Waals surface area contributed by atoms with Crippen LogP contribution in [-0.4, -0.2) is 24.3 Å². The van der Waals surface area contributed by atoms with Gasteiger partial charge in [-0.25, -0.2) is 0 Å². The Kier molecular flexibility index (Phi) is 7.69. The van der Waals surface area contributed by atoms with Crippen LogP contribution >= 0.6 is 0 Å². The minimum Gasteiger partial charge on any atom is -0.396 e. The lowest BCUT2D eigenvalue weighted by Crippen LogP contribution is -2.38. The molecule has 0 aliphatic heterocycles. The number of rotatable bonds is 8. The Bertz CT molecular complexity index is 203. The highest BCUT2D eigenvalue weighted by Gasteiger charge is 2.20. The Hall–Kier alpha value is -0.340. The first-order valence-corrected chi connectivity index (χ1v) is 6.41. The minimum absolute atomic E-state index is 0.0325.